The summed E-state index contributed by atoms with van der Waals surface area (Å²) in [6.45, 7) is 1.46. The van der Waals surface area contributed by atoms with E-state index in [0.29, 0.717) is 31.1 Å². The number of ether oxygens (including phenoxy) is 3. The van der Waals surface area contributed by atoms with Gasteiger partial charge in [-0.15, -0.1) is 0 Å². The maximum Gasteiger partial charge on any atom is 0.330 e. The Balaban J connectivity index is 1.46. The summed E-state index contributed by atoms with van der Waals surface area (Å²) in [7, 11) is 3.11. The predicted molar refractivity (Wildman–Crippen MR) is 123 cm³/mol. The molecule has 2 aromatic carbocycles. The number of para-hydroxylation sites is 1. The minimum absolute atomic E-state index is 0.129. The Bertz CT molecular complexity index is 1150. The first-order valence-electron chi connectivity index (χ1n) is 11.3. The molecule has 1 spiro atoms. The molecule has 2 atom stereocenters. The normalized spacial score (nSPS) is 23.9. The lowest BCUT2D eigenvalue weighted by Gasteiger charge is -2.53. The van der Waals surface area contributed by atoms with E-state index in [1.807, 2.05) is 36.4 Å². The Morgan fingerprint density at radius 2 is 1.88 bits per heavy atom. The second-order valence-corrected chi connectivity index (χ2v) is 8.72. The van der Waals surface area contributed by atoms with Gasteiger partial charge in [-0.05, 0) is 42.2 Å². The van der Waals surface area contributed by atoms with Gasteiger partial charge in [0, 0.05) is 18.8 Å². The number of fused-ring (bicyclic) bond motifs is 4. The number of nitrogens with zero attached hydrogens (tertiary/aromatic N) is 2. The minimum atomic E-state index is -1.43. The van der Waals surface area contributed by atoms with Gasteiger partial charge < -0.3 is 19.1 Å². The van der Waals surface area contributed by atoms with E-state index in [2.05, 4.69) is 10.2 Å². The summed E-state index contributed by atoms with van der Waals surface area (Å²) in [6, 6.07) is 12.1. The van der Waals surface area contributed by atoms with Crippen molar-refractivity contribution in [1.29, 1.82) is 0 Å². The van der Waals surface area contributed by atoms with Crippen LogP contribution in [0.4, 0.5) is 10.5 Å². The van der Waals surface area contributed by atoms with Crippen LogP contribution in [0, 0.1) is 5.41 Å². The van der Waals surface area contributed by atoms with Gasteiger partial charge in [-0.3, -0.25) is 19.8 Å². The maximum absolute atomic E-state index is 13.9. The highest BCUT2D eigenvalue weighted by molar-refractivity contribution is 6.20. The van der Waals surface area contributed by atoms with Gasteiger partial charge in [0.05, 0.1) is 33.5 Å². The van der Waals surface area contributed by atoms with E-state index in [-0.39, 0.29) is 19.6 Å². The number of benzene rings is 2. The highest BCUT2D eigenvalue weighted by Gasteiger charge is 2.62. The van der Waals surface area contributed by atoms with Crippen LogP contribution < -0.4 is 19.7 Å². The van der Waals surface area contributed by atoms with Gasteiger partial charge in [-0.1, -0.05) is 24.3 Å². The van der Waals surface area contributed by atoms with Crippen LogP contribution in [0.2, 0.25) is 0 Å². The summed E-state index contributed by atoms with van der Waals surface area (Å²) in [6.07, 6.45) is 0.629. The maximum atomic E-state index is 13.9. The van der Waals surface area contributed by atoms with Gasteiger partial charge >= 0.3 is 6.03 Å². The summed E-state index contributed by atoms with van der Waals surface area (Å²) in [5, 5.41) is 2.46. The topological polar surface area (TPSA) is 97.4 Å². The molecular weight excluding hydrogens is 438 g/mol. The fraction of sp³-hybridized carbons (Fsp3) is 0.400. The van der Waals surface area contributed by atoms with E-state index in [9.17, 15) is 14.4 Å². The van der Waals surface area contributed by atoms with E-state index in [0.717, 1.165) is 16.8 Å². The summed E-state index contributed by atoms with van der Waals surface area (Å²) in [5.74, 6) is 0.136. The molecule has 34 heavy (non-hydrogen) atoms. The van der Waals surface area contributed by atoms with Crippen LogP contribution in [0.25, 0.3) is 0 Å². The molecule has 2 fully saturated rings. The molecular formula is C25H27N3O6. The van der Waals surface area contributed by atoms with E-state index in [4.69, 9.17) is 14.2 Å². The van der Waals surface area contributed by atoms with E-state index in [1.54, 1.807) is 20.3 Å². The number of imide groups is 2. The highest BCUT2D eigenvalue weighted by atomic mass is 16.5. The van der Waals surface area contributed by atoms with Crippen LogP contribution in [0.15, 0.2) is 42.5 Å². The molecule has 9 nitrogen and oxygen atoms in total. The summed E-state index contributed by atoms with van der Waals surface area (Å²) in [4.78, 5) is 43.3. The Labute approximate surface area is 197 Å². The molecule has 0 unspecified atom stereocenters. The first kappa shape index (κ1) is 22.2. The van der Waals surface area contributed by atoms with Crippen molar-refractivity contribution in [1.82, 2.24) is 10.2 Å². The average molecular weight is 466 g/mol. The second-order valence-electron chi connectivity index (χ2n) is 8.72. The van der Waals surface area contributed by atoms with Gasteiger partial charge in [0.1, 0.15) is 0 Å². The van der Waals surface area contributed by atoms with Gasteiger partial charge in [0.25, 0.3) is 0 Å². The van der Waals surface area contributed by atoms with Crippen LogP contribution in [-0.4, -0.2) is 69.3 Å². The minimum Gasteiger partial charge on any atom is -0.493 e. The molecule has 9 heteroatoms. The molecule has 0 bridgehead atoms. The van der Waals surface area contributed by atoms with Crippen molar-refractivity contribution in [3.05, 3.63) is 53.6 Å². The number of carbonyl (C=O) groups is 3. The van der Waals surface area contributed by atoms with Gasteiger partial charge in [0.15, 0.2) is 16.9 Å². The third-order valence-electron chi connectivity index (χ3n) is 7.04. The number of hydrogen-bond donors (Lipinski definition) is 1. The zero-order valence-corrected chi connectivity index (χ0v) is 19.2. The molecule has 3 aliphatic rings. The van der Waals surface area contributed by atoms with Crippen molar-refractivity contribution in [2.45, 2.75) is 18.9 Å². The van der Waals surface area contributed by atoms with E-state index < -0.39 is 29.3 Å². The molecule has 3 aliphatic heterocycles. The molecule has 1 N–H and O–H groups in total. The standard InChI is InChI=1S/C25H27N3O6/c1-32-19-8-7-16(13-20(19)33-2)9-10-28-23(30)25(22(29)26-24(28)31)14-17-5-3-4-6-18(17)27-11-12-34-15-21(25)27/h3-8,13,21H,9-12,14-15H2,1-2H3,(H,26,29,31)/t21-,25-/m1/s1. The van der Waals surface area contributed by atoms with Gasteiger partial charge in [-0.2, -0.15) is 0 Å². The zero-order valence-electron chi connectivity index (χ0n) is 19.2. The SMILES string of the molecule is COc1ccc(CCN2C(=O)NC(=O)[C@]3(Cc4ccccc4N4CCOC[C@@H]43)C2=O)cc1OC. The number of anilines is 1. The number of nitrogens with one attached hydrogen (secondary N) is 1. The predicted octanol–water partition coefficient (Wildman–Crippen LogP) is 1.77. The fourth-order valence-corrected chi connectivity index (χ4v) is 5.30. The molecule has 5 rings (SSSR count). The Hall–Kier alpha value is -3.59. The largest absolute Gasteiger partial charge is 0.493 e. The van der Waals surface area contributed by atoms with Gasteiger partial charge in [-0.25, -0.2) is 4.79 Å². The molecule has 0 saturated carbocycles. The number of morpholine rings is 1. The number of carbonyl (C=O) groups excluding carboxylic acids is 3. The number of amides is 4. The van der Waals surface area contributed by atoms with Crippen molar-refractivity contribution >= 4 is 23.5 Å². The van der Waals surface area contributed by atoms with Crippen LogP contribution >= 0.6 is 0 Å². The molecule has 2 saturated heterocycles. The molecule has 2 aromatic rings. The van der Waals surface area contributed by atoms with Crippen LogP contribution in [0.1, 0.15) is 11.1 Å². The number of methoxy groups -OCH3 is 2. The number of hydrogen-bond acceptors (Lipinski definition) is 7. The third-order valence-corrected chi connectivity index (χ3v) is 7.04. The van der Waals surface area contributed by atoms with Crippen molar-refractivity contribution < 1.29 is 28.6 Å². The lowest BCUT2D eigenvalue weighted by molar-refractivity contribution is -0.155. The van der Waals surface area contributed by atoms with Crippen molar-refractivity contribution in [3.63, 3.8) is 0 Å². The Morgan fingerprint density at radius 3 is 2.68 bits per heavy atom. The van der Waals surface area contributed by atoms with Crippen LogP contribution in [0.5, 0.6) is 11.5 Å². The summed E-state index contributed by atoms with van der Waals surface area (Å²) >= 11 is 0. The van der Waals surface area contributed by atoms with Crippen molar-refractivity contribution in [3.8, 4) is 11.5 Å². The molecule has 0 aliphatic carbocycles. The lowest BCUT2D eigenvalue weighted by Crippen LogP contribution is -2.74. The first-order valence-corrected chi connectivity index (χ1v) is 11.3. The number of barbiturate groups is 1. The molecule has 4 amide bonds. The number of urea groups is 1. The average Bonchev–Trinajstić information content (AvgIpc) is 2.87. The summed E-state index contributed by atoms with van der Waals surface area (Å²) in [5.41, 5.74) is 1.37. The zero-order chi connectivity index (χ0) is 23.9. The fourth-order valence-electron chi connectivity index (χ4n) is 5.30. The second kappa shape index (κ2) is 8.64. The number of rotatable bonds is 5. The van der Waals surface area contributed by atoms with E-state index >= 15 is 0 Å². The van der Waals surface area contributed by atoms with Crippen LogP contribution in [-0.2, 0) is 27.2 Å². The smallest absolute Gasteiger partial charge is 0.330 e. The molecule has 178 valence electrons. The first-order chi connectivity index (χ1) is 16.5. The molecule has 0 radical (unpaired) electrons. The Morgan fingerprint density at radius 1 is 1.09 bits per heavy atom. The summed E-state index contributed by atoms with van der Waals surface area (Å²) < 4.78 is 16.4. The van der Waals surface area contributed by atoms with Crippen LogP contribution in [0.3, 0.4) is 0 Å². The molecule has 3 heterocycles. The quantitative estimate of drug-likeness (QED) is 0.672. The monoisotopic (exact) mass is 465 g/mol. The van der Waals surface area contributed by atoms with Gasteiger partial charge in [0.2, 0.25) is 11.8 Å². The van der Waals surface area contributed by atoms with Crippen molar-refractivity contribution in [2.75, 3.05) is 45.4 Å². The van der Waals surface area contributed by atoms with E-state index in [1.165, 1.54) is 4.90 Å². The van der Waals surface area contributed by atoms with Crippen molar-refractivity contribution in [2.24, 2.45) is 5.41 Å². The third kappa shape index (κ3) is 3.38. The highest BCUT2D eigenvalue weighted by Crippen LogP contribution is 2.45. The Kier molecular flexibility index (Phi) is 5.65. The molecule has 0 aromatic heterocycles. The lowest BCUT2D eigenvalue weighted by atomic mass is 9.68.